The lowest BCUT2D eigenvalue weighted by atomic mass is 10.1. The van der Waals surface area contributed by atoms with Crippen molar-refractivity contribution < 1.29 is 9.15 Å². The van der Waals surface area contributed by atoms with Crippen molar-refractivity contribution in [1.82, 2.24) is 0 Å². The van der Waals surface area contributed by atoms with Crippen LogP contribution in [0.15, 0.2) is 57.7 Å². The van der Waals surface area contributed by atoms with E-state index in [0.29, 0.717) is 22.6 Å². The van der Waals surface area contributed by atoms with Gasteiger partial charge in [0.25, 0.3) is 0 Å². The Labute approximate surface area is 115 Å². The molecule has 0 amide bonds. The average molecular weight is 267 g/mol. The molecule has 3 rings (SSSR count). The molecule has 0 fully saturated rings. The minimum atomic E-state index is -0.392. The first-order valence-electron chi connectivity index (χ1n) is 6.15. The van der Waals surface area contributed by atoms with E-state index in [-0.39, 0.29) is 0 Å². The molecular weight excluding hydrogens is 254 g/mol. The molecule has 0 bridgehead atoms. The van der Waals surface area contributed by atoms with Gasteiger partial charge in [0.2, 0.25) is 0 Å². The molecule has 0 spiro atoms. The summed E-state index contributed by atoms with van der Waals surface area (Å²) < 4.78 is 10.5. The zero-order valence-corrected chi connectivity index (χ0v) is 10.9. The van der Waals surface area contributed by atoms with Gasteiger partial charge in [-0.05, 0) is 35.9 Å². The van der Waals surface area contributed by atoms with Crippen LogP contribution in [0, 0.1) is 0 Å². The molecule has 0 atom stereocenters. The van der Waals surface area contributed by atoms with Crippen molar-refractivity contribution in [3.05, 3.63) is 59.0 Å². The molecule has 4 heteroatoms. The Morgan fingerprint density at radius 3 is 2.75 bits per heavy atom. The summed E-state index contributed by atoms with van der Waals surface area (Å²) >= 11 is 0. The standard InChI is InChI=1S/C16H13NO3/c1-19-13-4-2-3-10(7-13)14-8-11-5-6-12(17)9-15(11)20-16(14)18/h2-9H,17H2,1H3. The second-order valence-corrected chi connectivity index (χ2v) is 4.48. The van der Waals surface area contributed by atoms with E-state index >= 15 is 0 Å². The highest BCUT2D eigenvalue weighted by Crippen LogP contribution is 2.25. The third-order valence-corrected chi connectivity index (χ3v) is 3.14. The smallest absolute Gasteiger partial charge is 0.344 e. The number of ether oxygens (including phenoxy) is 1. The maximum atomic E-state index is 12.1. The minimum Gasteiger partial charge on any atom is -0.497 e. The molecule has 0 aliphatic carbocycles. The van der Waals surface area contributed by atoms with Crippen LogP contribution in [0.5, 0.6) is 5.75 Å². The Hall–Kier alpha value is -2.75. The van der Waals surface area contributed by atoms with E-state index in [1.54, 1.807) is 31.4 Å². The summed E-state index contributed by atoms with van der Waals surface area (Å²) in [6, 6.07) is 14.4. The number of fused-ring (bicyclic) bond motifs is 1. The SMILES string of the molecule is COc1cccc(-c2cc3ccc(N)cc3oc2=O)c1. The lowest BCUT2D eigenvalue weighted by molar-refractivity contribution is 0.415. The molecule has 0 radical (unpaired) electrons. The minimum absolute atomic E-state index is 0.392. The topological polar surface area (TPSA) is 65.5 Å². The van der Waals surface area contributed by atoms with E-state index in [9.17, 15) is 4.79 Å². The largest absolute Gasteiger partial charge is 0.497 e. The molecular formula is C16H13NO3. The van der Waals surface area contributed by atoms with Gasteiger partial charge >= 0.3 is 5.63 Å². The molecule has 100 valence electrons. The fourth-order valence-electron chi connectivity index (χ4n) is 2.12. The third kappa shape index (κ3) is 2.12. The monoisotopic (exact) mass is 267 g/mol. The number of nitrogen functional groups attached to an aromatic ring is 1. The first-order chi connectivity index (χ1) is 9.67. The molecule has 0 saturated heterocycles. The highest BCUT2D eigenvalue weighted by atomic mass is 16.5. The van der Waals surface area contributed by atoms with Gasteiger partial charge in [-0.2, -0.15) is 0 Å². The Morgan fingerprint density at radius 2 is 1.95 bits per heavy atom. The predicted molar refractivity (Wildman–Crippen MR) is 78.9 cm³/mol. The summed E-state index contributed by atoms with van der Waals surface area (Å²) in [7, 11) is 1.59. The van der Waals surface area contributed by atoms with Crippen LogP contribution in [-0.2, 0) is 0 Å². The molecule has 1 heterocycles. The van der Waals surface area contributed by atoms with Crippen molar-refractivity contribution >= 4 is 16.7 Å². The van der Waals surface area contributed by atoms with Crippen LogP contribution in [0.2, 0.25) is 0 Å². The summed E-state index contributed by atoms with van der Waals surface area (Å²) in [5, 5.41) is 0.830. The fourth-order valence-corrected chi connectivity index (χ4v) is 2.12. The van der Waals surface area contributed by atoms with Crippen LogP contribution in [0.4, 0.5) is 5.69 Å². The molecule has 4 nitrogen and oxygen atoms in total. The second-order valence-electron chi connectivity index (χ2n) is 4.48. The third-order valence-electron chi connectivity index (χ3n) is 3.14. The summed E-state index contributed by atoms with van der Waals surface area (Å²) in [4.78, 5) is 12.1. The summed E-state index contributed by atoms with van der Waals surface area (Å²) in [6.45, 7) is 0. The maximum Gasteiger partial charge on any atom is 0.344 e. The molecule has 0 saturated carbocycles. The van der Waals surface area contributed by atoms with Crippen molar-refractivity contribution in [3.8, 4) is 16.9 Å². The number of hydrogen-bond donors (Lipinski definition) is 1. The van der Waals surface area contributed by atoms with Gasteiger partial charge in [-0.25, -0.2) is 4.79 Å². The Bertz CT molecular complexity index is 836. The number of hydrogen-bond acceptors (Lipinski definition) is 4. The first kappa shape index (κ1) is 12.3. The number of nitrogens with two attached hydrogens (primary N) is 1. The van der Waals surface area contributed by atoms with Gasteiger partial charge in [-0.3, -0.25) is 0 Å². The quantitative estimate of drug-likeness (QED) is 0.572. The highest BCUT2D eigenvalue weighted by Gasteiger charge is 2.08. The van der Waals surface area contributed by atoms with Gasteiger partial charge < -0.3 is 14.9 Å². The molecule has 2 aromatic carbocycles. The van der Waals surface area contributed by atoms with Crippen molar-refractivity contribution in [2.75, 3.05) is 12.8 Å². The van der Waals surface area contributed by atoms with E-state index in [4.69, 9.17) is 14.9 Å². The summed E-state index contributed by atoms with van der Waals surface area (Å²) in [5.41, 5.74) is 7.60. The van der Waals surface area contributed by atoms with Gasteiger partial charge in [0.05, 0.1) is 12.7 Å². The van der Waals surface area contributed by atoms with Crippen LogP contribution in [0.3, 0.4) is 0 Å². The molecule has 1 aromatic heterocycles. The molecule has 2 N–H and O–H groups in total. The van der Waals surface area contributed by atoms with E-state index in [1.165, 1.54) is 0 Å². The van der Waals surface area contributed by atoms with E-state index < -0.39 is 5.63 Å². The Kier molecular flexibility index (Phi) is 2.91. The van der Waals surface area contributed by atoms with E-state index in [1.807, 2.05) is 24.3 Å². The molecule has 0 unspecified atom stereocenters. The molecule has 20 heavy (non-hydrogen) atoms. The van der Waals surface area contributed by atoms with Gasteiger partial charge in [-0.15, -0.1) is 0 Å². The van der Waals surface area contributed by atoms with Gasteiger partial charge in [0.15, 0.2) is 0 Å². The van der Waals surface area contributed by atoms with Crippen molar-refractivity contribution in [2.24, 2.45) is 0 Å². The Balaban J connectivity index is 2.23. The van der Waals surface area contributed by atoms with Crippen molar-refractivity contribution in [2.45, 2.75) is 0 Å². The van der Waals surface area contributed by atoms with Crippen molar-refractivity contribution in [3.63, 3.8) is 0 Å². The van der Waals surface area contributed by atoms with Gasteiger partial charge in [-0.1, -0.05) is 12.1 Å². The van der Waals surface area contributed by atoms with Crippen molar-refractivity contribution in [1.29, 1.82) is 0 Å². The summed E-state index contributed by atoms with van der Waals surface area (Å²) in [6.07, 6.45) is 0. The average Bonchev–Trinajstić information content (AvgIpc) is 2.46. The van der Waals surface area contributed by atoms with E-state index in [0.717, 1.165) is 10.9 Å². The van der Waals surface area contributed by atoms with Gasteiger partial charge in [0.1, 0.15) is 11.3 Å². The lowest BCUT2D eigenvalue weighted by Gasteiger charge is -2.05. The van der Waals surface area contributed by atoms with Crippen LogP contribution >= 0.6 is 0 Å². The maximum absolute atomic E-state index is 12.1. The van der Waals surface area contributed by atoms with Gasteiger partial charge in [0, 0.05) is 17.1 Å². The number of methoxy groups -OCH3 is 1. The van der Waals surface area contributed by atoms with E-state index in [2.05, 4.69) is 0 Å². The van der Waals surface area contributed by atoms with Crippen LogP contribution < -0.4 is 16.1 Å². The number of benzene rings is 2. The molecule has 0 aliphatic heterocycles. The van der Waals surface area contributed by atoms with Crippen LogP contribution in [0.25, 0.3) is 22.1 Å². The fraction of sp³-hybridized carbons (Fsp3) is 0.0625. The lowest BCUT2D eigenvalue weighted by Crippen LogP contribution is -2.03. The molecule has 3 aromatic rings. The number of rotatable bonds is 2. The number of anilines is 1. The van der Waals surface area contributed by atoms with Crippen LogP contribution in [0.1, 0.15) is 0 Å². The summed E-state index contributed by atoms with van der Waals surface area (Å²) in [5.74, 6) is 0.694. The highest BCUT2D eigenvalue weighted by molar-refractivity contribution is 5.84. The zero-order chi connectivity index (χ0) is 14.1. The second kappa shape index (κ2) is 4.74. The molecule has 0 aliphatic rings. The Morgan fingerprint density at radius 1 is 1.10 bits per heavy atom. The first-order valence-corrected chi connectivity index (χ1v) is 6.15. The zero-order valence-electron chi connectivity index (χ0n) is 10.9. The normalized spacial score (nSPS) is 10.7. The predicted octanol–water partition coefficient (Wildman–Crippen LogP) is 3.05. The van der Waals surface area contributed by atoms with Crippen LogP contribution in [-0.4, -0.2) is 7.11 Å².